The largest absolute Gasteiger partial charge is 0.489 e. The fourth-order valence-electron chi connectivity index (χ4n) is 1.97. The van der Waals surface area contributed by atoms with Gasteiger partial charge >= 0.3 is 0 Å². The van der Waals surface area contributed by atoms with E-state index in [2.05, 4.69) is 10.3 Å². The Morgan fingerprint density at radius 3 is 2.83 bits per heavy atom. The molecular weight excluding hydrogens is 333 g/mol. The first-order valence-corrected chi connectivity index (χ1v) is 7.86. The van der Waals surface area contributed by atoms with Gasteiger partial charge in [-0.3, -0.25) is 9.69 Å². The van der Waals surface area contributed by atoms with E-state index in [-0.39, 0.29) is 23.4 Å². The zero-order chi connectivity index (χ0) is 17.5. The van der Waals surface area contributed by atoms with Crippen molar-refractivity contribution in [2.24, 2.45) is 0 Å². The number of hydrogen-bond donors (Lipinski definition) is 1. The summed E-state index contributed by atoms with van der Waals surface area (Å²) in [6.07, 6.45) is 1.55. The van der Waals surface area contributed by atoms with Crippen LogP contribution >= 0.6 is 11.6 Å². The van der Waals surface area contributed by atoms with E-state index in [1.807, 2.05) is 0 Å². The molecule has 128 valence electrons. The smallest absolute Gasteiger partial charge is 0.241 e. The van der Waals surface area contributed by atoms with Gasteiger partial charge in [0.05, 0.1) is 11.7 Å². The van der Waals surface area contributed by atoms with E-state index < -0.39 is 11.9 Å². The average molecular weight is 352 g/mol. The van der Waals surface area contributed by atoms with Crippen molar-refractivity contribution in [3.05, 3.63) is 53.6 Å². The maximum absolute atomic E-state index is 13.5. The van der Waals surface area contributed by atoms with E-state index in [1.165, 1.54) is 6.07 Å². The number of carbonyl (C=O) groups excluding carboxylic acids is 1. The Morgan fingerprint density at radius 1 is 1.38 bits per heavy atom. The number of likely N-dealkylation sites (N-methyl/N-ethyl adjacent to an activating group) is 1. The highest BCUT2D eigenvalue weighted by molar-refractivity contribution is 6.32. The molecule has 2 aromatic rings. The minimum Gasteiger partial charge on any atom is -0.489 e. The highest BCUT2D eigenvalue weighted by atomic mass is 35.5. The average Bonchev–Trinajstić information content (AvgIpc) is 2.57. The topological polar surface area (TPSA) is 54.5 Å². The number of halogens is 2. The minimum atomic E-state index is -0.412. The van der Waals surface area contributed by atoms with Gasteiger partial charge in [0, 0.05) is 12.7 Å². The first kappa shape index (κ1) is 18.2. The maximum Gasteiger partial charge on any atom is 0.241 e. The lowest BCUT2D eigenvalue weighted by Gasteiger charge is -2.24. The second kappa shape index (κ2) is 8.61. The molecule has 5 nitrogen and oxygen atoms in total. The standard InChI is InChI=1S/C17H19ClFN3O2/c1-12(17(23)21-14-7-5-9-20-16(14)18)22(2)10-11-24-15-8-4-3-6-13(15)19/h3-9,12H,10-11H2,1-2H3,(H,21,23). The van der Waals surface area contributed by atoms with E-state index in [1.54, 1.807) is 55.4 Å². The molecule has 0 aliphatic heterocycles. The molecule has 24 heavy (non-hydrogen) atoms. The van der Waals surface area contributed by atoms with Crippen LogP contribution in [0, 0.1) is 5.82 Å². The van der Waals surface area contributed by atoms with Crippen LogP contribution in [0.5, 0.6) is 5.75 Å². The monoisotopic (exact) mass is 351 g/mol. The Hall–Kier alpha value is -2.18. The molecule has 1 N–H and O–H groups in total. The minimum absolute atomic E-state index is 0.199. The van der Waals surface area contributed by atoms with Crippen molar-refractivity contribution < 1.29 is 13.9 Å². The van der Waals surface area contributed by atoms with Gasteiger partial charge in [-0.15, -0.1) is 0 Å². The highest BCUT2D eigenvalue weighted by Crippen LogP contribution is 2.18. The summed E-state index contributed by atoms with van der Waals surface area (Å²) in [6.45, 7) is 2.50. The number of hydrogen-bond acceptors (Lipinski definition) is 4. The lowest BCUT2D eigenvalue weighted by atomic mass is 10.2. The fraction of sp³-hybridized carbons (Fsp3) is 0.294. The summed E-state index contributed by atoms with van der Waals surface area (Å²) in [4.78, 5) is 18.0. The van der Waals surface area contributed by atoms with E-state index in [4.69, 9.17) is 16.3 Å². The lowest BCUT2D eigenvalue weighted by molar-refractivity contribution is -0.120. The second-order valence-electron chi connectivity index (χ2n) is 5.27. The number of anilines is 1. The summed E-state index contributed by atoms with van der Waals surface area (Å²) in [6, 6.07) is 9.17. The normalized spacial score (nSPS) is 12.0. The molecule has 0 aliphatic rings. The molecule has 1 amide bonds. The number of para-hydroxylation sites is 1. The molecule has 2 rings (SSSR count). The summed E-state index contributed by atoms with van der Waals surface area (Å²) in [7, 11) is 1.79. The number of aromatic nitrogens is 1. The second-order valence-corrected chi connectivity index (χ2v) is 5.62. The molecule has 0 bridgehead atoms. The van der Waals surface area contributed by atoms with Crippen molar-refractivity contribution in [3.8, 4) is 5.75 Å². The summed E-state index contributed by atoms with van der Waals surface area (Å²) in [5.41, 5.74) is 0.465. The van der Waals surface area contributed by atoms with Gasteiger partial charge in [0.15, 0.2) is 16.7 Å². The third-order valence-electron chi connectivity index (χ3n) is 3.60. The van der Waals surface area contributed by atoms with E-state index in [0.29, 0.717) is 12.2 Å². The molecule has 1 atom stereocenters. The predicted molar refractivity (Wildman–Crippen MR) is 91.9 cm³/mol. The SMILES string of the molecule is CC(C(=O)Nc1cccnc1Cl)N(C)CCOc1ccccc1F. The highest BCUT2D eigenvalue weighted by Gasteiger charge is 2.19. The van der Waals surface area contributed by atoms with E-state index in [0.717, 1.165) is 0 Å². The van der Waals surface area contributed by atoms with Crippen LogP contribution < -0.4 is 10.1 Å². The van der Waals surface area contributed by atoms with Gasteiger partial charge < -0.3 is 10.1 Å². The molecule has 0 spiro atoms. The first-order chi connectivity index (χ1) is 11.5. The Kier molecular flexibility index (Phi) is 6.52. The Bertz CT molecular complexity index is 699. The van der Waals surface area contributed by atoms with Crippen LogP contribution in [0.3, 0.4) is 0 Å². The summed E-state index contributed by atoms with van der Waals surface area (Å²) in [5, 5.41) is 2.97. The zero-order valence-corrected chi connectivity index (χ0v) is 14.3. The first-order valence-electron chi connectivity index (χ1n) is 7.48. The zero-order valence-electron chi connectivity index (χ0n) is 13.5. The van der Waals surface area contributed by atoms with Gasteiger partial charge in [-0.1, -0.05) is 23.7 Å². The molecule has 0 fully saturated rings. The maximum atomic E-state index is 13.5. The van der Waals surface area contributed by atoms with Crippen LogP contribution in [-0.4, -0.2) is 42.0 Å². The number of nitrogens with zero attached hydrogens (tertiary/aromatic N) is 2. The summed E-state index contributed by atoms with van der Waals surface area (Å²) in [5.74, 6) is -0.416. The predicted octanol–water partition coefficient (Wildman–Crippen LogP) is 3.21. The lowest BCUT2D eigenvalue weighted by Crippen LogP contribution is -2.41. The quantitative estimate of drug-likeness (QED) is 0.778. The fourth-order valence-corrected chi connectivity index (χ4v) is 2.14. The molecular formula is C17H19ClFN3O2. The van der Waals surface area contributed by atoms with Crippen molar-refractivity contribution in [1.82, 2.24) is 9.88 Å². The van der Waals surface area contributed by atoms with Crippen molar-refractivity contribution in [2.75, 3.05) is 25.5 Å². The van der Waals surface area contributed by atoms with Crippen LogP contribution in [0.4, 0.5) is 10.1 Å². The number of benzene rings is 1. The Balaban J connectivity index is 1.83. The molecule has 1 unspecified atom stereocenters. The Labute approximate surface area is 145 Å². The van der Waals surface area contributed by atoms with Gasteiger partial charge in [-0.25, -0.2) is 9.37 Å². The third kappa shape index (κ3) is 4.91. The summed E-state index contributed by atoms with van der Waals surface area (Å²) < 4.78 is 18.9. The molecule has 7 heteroatoms. The van der Waals surface area contributed by atoms with Crippen molar-refractivity contribution in [2.45, 2.75) is 13.0 Å². The van der Waals surface area contributed by atoms with Crippen molar-refractivity contribution >= 4 is 23.2 Å². The van der Waals surface area contributed by atoms with E-state index in [9.17, 15) is 9.18 Å². The number of pyridine rings is 1. The van der Waals surface area contributed by atoms with E-state index >= 15 is 0 Å². The molecule has 0 aliphatic carbocycles. The molecule has 0 saturated heterocycles. The van der Waals surface area contributed by atoms with Gasteiger partial charge in [0.25, 0.3) is 0 Å². The van der Waals surface area contributed by atoms with Crippen molar-refractivity contribution in [3.63, 3.8) is 0 Å². The number of carbonyl (C=O) groups is 1. The number of rotatable bonds is 7. The van der Waals surface area contributed by atoms with Crippen molar-refractivity contribution in [1.29, 1.82) is 0 Å². The van der Waals surface area contributed by atoms with Gasteiger partial charge in [-0.2, -0.15) is 0 Å². The van der Waals surface area contributed by atoms with Crippen LogP contribution in [0.25, 0.3) is 0 Å². The van der Waals surface area contributed by atoms with Crippen LogP contribution in [0.2, 0.25) is 5.15 Å². The van der Waals surface area contributed by atoms with Crippen LogP contribution in [-0.2, 0) is 4.79 Å². The molecule has 0 radical (unpaired) electrons. The van der Waals surface area contributed by atoms with Gasteiger partial charge in [0.2, 0.25) is 5.91 Å². The summed E-state index contributed by atoms with van der Waals surface area (Å²) >= 11 is 5.92. The number of amides is 1. The van der Waals surface area contributed by atoms with Gasteiger partial charge in [-0.05, 0) is 38.2 Å². The third-order valence-corrected chi connectivity index (χ3v) is 3.90. The van der Waals surface area contributed by atoms with Gasteiger partial charge in [0.1, 0.15) is 6.61 Å². The number of ether oxygens (including phenoxy) is 1. The Morgan fingerprint density at radius 2 is 2.12 bits per heavy atom. The van der Waals surface area contributed by atoms with Crippen LogP contribution in [0.15, 0.2) is 42.6 Å². The van der Waals surface area contributed by atoms with Crippen LogP contribution in [0.1, 0.15) is 6.92 Å². The molecule has 1 aromatic heterocycles. The number of nitrogens with one attached hydrogen (secondary N) is 1. The molecule has 1 heterocycles. The molecule has 0 saturated carbocycles. The molecule has 1 aromatic carbocycles.